The van der Waals surface area contributed by atoms with Crippen molar-refractivity contribution >= 4 is 22.8 Å². The summed E-state index contributed by atoms with van der Waals surface area (Å²) in [5, 5.41) is 7.97. The van der Waals surface area contributed by atoms with Gasteiger partial charge in [-0.3, -0.25) is 10.5 Å². The van der Waals surface area contributed by atoms with E-state index in [0.29, 0.717) is 5.95 Å². The molecule has 2 aromatic heterocycles. The number of hydrazine groups is 1. The fourth-order valence-electron chi connectivity index (χ4n) is 2.60. The standard InChI is InChI=1S/C13H19N7/c14-18-13-16-11-10(5-15-19-11)12(17-13)20(6-8-1-2-8)7-9-3-4-9/h5,8-9H,1-4,6-7,14H2,(H2,15,16,17,18,19). The van der Waals surface area contributed by atoms with Gasteiger partial charge in [0.05, 0.1) is 11.6 Å². The van der Waals surface area contributed by atoms with E-state index < -0.39 is 0 Å². The predicted octanol–water partition coefficient (Wildman–Crippen LogP) is 1.26. The third-order valence-electron chi connectivity index (χ3n) is 4.07. The van der Waals surface area contributed by atoms with Gasteiger partial charge in [0, 0.05) is 13.1 Å². The van der Waals surface area contributed by atoms with E-state index in [9.17, 15) is 0 Å². The van der Waals surface area contributed by atoms with Gasteiger partial charge in [0.15, 0.2) is 5.65 Å². The molecule has 2 aliphatic rings. The third-order valence-corrected chi connectivity index (χ3v) is 4.07. The van der Waals surface area contributed by atoms with Crippen LogP contribution in [-0.2, 0) is 0 Å². The first kappa shape index (κ1) is 11.9. The van der Waals surface area contributed by atoms with Crippen molar-refractivity contribution in [1.29, 1.82) is 0 Å². The van der Waals surface area contributed by atoms with Crippen molar-refractivity contribution in [3.05, 3.63) is 6.20 Å². The number of fused-ring (bicyclic) bond motifs is 1. The number of nitrogen functional groups attached to an aromatic ring is 1. The number of H-pyrrole nitrogens is 1. The van der Waals surface area contributed by atoms with E-state index in [0.717, 1.165) is 41.8 Å². The largest absolute Gasteiger partial charge is 0.355 e. The van der Waals surface area contributed by atoms with Crippen LogP contribution < -0.4 is 16.2 Å². The Hall–Kier alpha value is -1.89. The van der Waals surface area contributed by atoms with E-state index in [2.05, 4.69) is 30.5 Å². The van der Waals surface area contributed by atoms with E-state index in [1.54, 1.807) is 6.20 Å². The van der Waals surface area contributed by atoms with Crippen molar-refractivity contribution in [2.75, 3.05) is 23.4 Å². The average Bonchev–Trinajstić information content (AvgIpc) is 3.38. The van der Waals surface area contributed by atoms with Crippen molar-refractivity contribution in [1.82, 2.24) is 20.2 Å². The molecule has 2 fully saturated rings. The molecule has 7 nitrogen and oxygen atoms in total. The van der Waals surface area contributed by atoms with Gasteiger partial charge in [0.25, 0.3) is 0 Å². The number of hydrogen-bond donors (Lipinski definition) is 3. The molecular weight excluding hydrogens is 254 g/mol. The minimum Gasteiger partial charge on any atom is -0.355 e. The summed E-state index contributed by atoms with van der Waals surface area (Å²) in [4.78, 5) is 11.3. The minimum atomic E-state index is 0.438. The van der Waals surface area contributed by atoms with Gasteiger partial charge < -0.3 is 4.90 Å². The Kier molecular flexibility index (Phi) is 2.73. The molecule has 0 aromatic carbocycles. The topological polar surface area (TPSA) is 95.7 Å². The summed E-state index contributed by atoms with van der Waals surface area (Å²) in [7, 11) is 0. The Balaban J connectivity index is 1.73. The van der Waals surface area contributed by atoms with Crippen LogP contribution in [0.25, 0.3) is 11.0 Å². The van der Waals surface area contributed by atoms with Gasteiger partial charge in [0.1, 0.15) is 5.82 Å². The number of aromatic nitrogens is 4. The molecule has 0 aliphatic heterocycles. The predicted molar refractivity (Wildman–Crippen MR) is 77.2 cm³/mol. The Labute approximate surface area is 116 Å². The summed E-state index contributed by atoms with van der Waals surface area (Å²) < 4.78 is 0. The maximum Gasteiger partial charge on any atom is 0.241 e. The molecule has 2 aromatic rings. The van der Waals surface area contributed by atoms with Gasteiger partial charge in [-0.1, -0.05) is 0 Å². The molecule has 0 amide bonds. The Morgan fingerprint density at radius 2 is 1.90 bits per heavy atom. The lowest BCUT2D eigenvalue weighted by atomic mass is 10.2. The van der Waals surface area contributed by atoms with Crippen LogP contribution >= 0.6 is 0 Å². The second-order valence-electron chi connectivity index (χ2n) is 5.94. The molecular formula is C13H19N7. The monoisotopic (exact) mass is 273 g/mol. The summed E-state index contributed by atoms with van der Waals surface area (Å²) in [5.41, 5.74) is 3.28. The molecule has 2 aliphatic carbocycles. The molecule has 0 radical (unpaired) electrons. The Morgan fingerprint density at radius 3 is 2.50 bits per heavy atom. The van der Waals surface area contributed by atoms with E-state index in [1.165, 1.54) is 25.7 Å². The highest BCUT2D eigenvalue weighted by Crippen LogP contribution is 2.36. The van der Waals surface area contributed by atoms with Crippen LogP contribution in [0.15, 0.2) is 6.20 Å². The lowest BCUT2D eigenvalue weighted by molar-refractivity contribution is 0.673. The third kappa shape index (κ3) is 2.29. The molecule has 0 saturated heterocycles. The van der Waals surface area contributed by atoms with Crippen molar-refractivity contribution in [2.24, 2.45) is 17.7 Å². The van der Waals surface area contributed by atoms with E-state index in [4.69, 9.17) is 5.84 Å². The summed E-state index contributed by atoms with van der Waals surface area (Å²) in [6, 6.07) is 0. The first-order valence-electron chi connectivity index (χ1n) is 7.26. The summed E-state index contributed by atoms with van der Waals surface area (Å²) in [6.45, 7) is 2.16. The smallest absolute Gasteiger partial charge is 0.241 e. The van der Waals surface area contributed by atoms with Crippen LogP contribution in [0.1, 0.15) is 25.7 Å². The summed E-state index contributed by atoms with van der Waals surface area (Å²) in [6.07, 6.45) is 7.15. The molecule has 0 atom stereocenters. The fourth-order valence-corrected chi connectivity index (χ4v) is 2.60. The van der Waals surface area contributed by atoms with Crippen LogP contribution in [0.3, 0.4) is 0 Å². The number of anilines is 2. The highest BCUT2D eigenvalue weighted by molar-refractivity contribution is 5.87. The SMILES string of the molecule is NNc1nc(N(CC2CC2)CC2CC2)c2cn[nH]c2n1. The van der Waals surface area contributed by atoms with Crippen molar-refractivity contribution in [3.63, 3.8) is 0 Å². The van der Waals surface area contributed by atoms with E-state index in [-0.39, 0.29) is 0 Å². The fraction of sp³-hybridized carbons (Fsp3) is 0.615. The zero-order valence-corrected chi connectivity index (χ0v) is 11.3. The van der Waals surface area contributed by atoms with Gasteiger partial charge >= 0.3 is 0 Å². The highest BCUT2D eigenvalue weighted by atomic mass is 15.3. The lowest BCUT2D eigenvalue weighted by Gasteiger charge is -2.24. The zero-order valence-electron chi connectivity index (χ0n) is 11.3. The van der Waals surface area contributed by atoms with Gasteiger partial charge in [-0.05, 0) is 37.5 Å². The molecule has 0 bridgehead atoms. The van der Waals surface area contributed by atoms with Gasteiger partial charge in [0.2, 0.25) is 5.95 Å². The number of nitrogens with two attached hydrogens (primary N) is 1. The quantitative estimate of drug-likeness (QED) is 0.542. The van der Waals surface area contributed by atoms with Crippen LogP contribution in [-0.4, -0.2) is 33.3 Å². The Morgan fingerprint density at radius 1 is 1.20 bits per heavy atom. The minimum absolute atomic E-state index is 0.438. The molecule has 4 N–H and O–H groups in total. The van der Waals surface area contributed by atoms with E-state index in [1.807, 2.05) is 0 Å². The van der Waals surface area contributed by atoms with Gasteiger partial charge in [-0.2, -0.15) is 15.1 Å². The van der Waals surface area contributed by atoms with Crippen LogP contribution in [0.5, 0.6) is 0 Å². The summed E-state index contributed by atoms with van der Waals surface area (Å²) >= 11 is 0. The van der Waals surface area contributed by atoms with Crippen molar-refractivity contribution in [3.8, 4) is 0 Å². The number of hydrogen-bond acceptors (Lipinski definition) is 6. The molecule has 7 heteroatoms. The zero-order chi connectivity index (χ0) is 13.5. The van der Waals surface area contributed by atoms with Crippen LogP contribution in [0.4, 0.5) is 11.8 Å². The van der Waals surface area contributed by atoms with Gasteiger partial charge in [-0.15, -0.1) is 0 Å². The normalized spacial score (nSPS) is 18.4. The maximum atomic E-state index is 5.48. The Bertz CT molecular complexity index is 600. The maximum absolute atomic E-state index is 5.48. The number of aromatic amines is 1. The molecule has 2 saturated carbocycles. The number of nitrogens with one attached hydrogen (secondary N) is 2. The first-order valence-corrected chi connectivity index (χ1v) is 7.26. The molecule has 106 valence electrons. The molecule has 4 rings (SSSR count). The molecule has 0 unspecified atom stereocenters. The summed E-state index contributed by atoms with van der Waals surface area (Å²) in [5.74, 6) is 8.51. The highest BCUT2D eigenvalue weighted by Gasteiger charge is 2.31. The molecule has 20 heavy (non-hydrogen) atoms. The van der Waals surface area contributed by atoms with Crippen molar-refractivity contribution in [2.45, 2.75) is 25.7 Å². The second kappa shape index (κ2) is 4.59. The number of nitrogens with zero attached hydrogens (tertiary/aromatic N) is 4. The molecule has 0 spiro atoms. The van der Waals surface area contributed by atoms with Crippen LogP contribution in [0.2, 0.25) is 0 Å². The average molecular weight is 273 g/mol. The number of rotatable bonds is 6. The van der Waals surface area contributed by atoms with E-state index >= 15 is 0 Å². The lowest BCUT2D eigenvalue weighted by Crippen LogP contribution is -2.29. The van der Waals surface area contributed by atoms with Crippen molar-refractivity contribution < 1.29 is 0 Å². The second-order valence-corrected chi connectivity index (χ2v) is 5.94. The first-order chi connectivity index (χ1) is 9.83. The van der Waals surface area contributed by atoms with Crippen LogP contribution in [0, 0.1) is 11.8 Å². The van der Waals surface area contributed by atoms with Gasteiger partial charge in [-0.25, -0.2) is 5.84 Å². The molecule has 2 heterocycles.